The summed E-state index contributed by atoms with van der Waals surface area (Å²) in [5.74, 6) is 0.0344. The molecule has 0 spiro atoms. The number of hydrogen-bond acceptors (Lipinski definition) is 3. The van der Waals surface area contributed by atoms with Crippen molar-refractivity contribution in [3.63, 3.8) is 0 Å². The maximum Gasteiger partial charge on any atom is 0.166 e. The van der Waals surface area contributed by atoms with Crippen LogP contribution in [0.1, 0.15) is 31.1 Å². The lowest BCUT2D eigenvalue weighted by atomic mass is 10.00. The Balaban J connectivity index is 2.74. The van der Waals surface area contributed by atoms with E-state index in [1.165, 1.54) is 4.90 Å². The number of nitrogens with two attached hydrogens (primary N) is 1. The molecule has 88 valence electrons. The molecular weight excluding hydrogens is 218 g/mol. The van der Waals surface area contributed by atoms with E-state index in [4.69, 9.17) is 5.73 Å². The lowest BCUT2D eigenvalue weighted by molar-refractivity contribution is 0.0934. The third kappa shape index (κ3) is 3.65. The summed E-state index contributed by atoms with van der Waals surface area (Å²) in [6, 6.07) is 7.78. The van der Waals surface area contributed by atoms with Gasteiger partial charge in [-0.2, -0.15) is 0 Å². The van der Waals surface area contributed by atoms with E-state index in [2.05, 4.69) is 13.8 Å². The second kappa shape index (κ2) is 6.06. The minimum atomic E-state index is -0.0939. The maximum absolute atomic E-state index is 11.8. The molecule has 2 N–H and O–H groups in total. The number of thioether (sulfide) groups is 1. The molecule has 1 atom stereocenters. The summed E-state index contributed by atoms with van der Waals surface area (Å²) in [5, 5.41) is 0.560. The number of carbonyl (C=O) groups is 1. The molecule has 0 aromatic heterocycles. The van der Waals surface area contributed by atoms with E-state index in [0.717, 1.165) is 5.56 Å². The standard InChI is InChI=1S/C13H19NOS/c1-9(2)16-12-6-4-11(5-7-12)13(15)10(3)8-14/h4-7,9-10H,8,14H2,1-3H3. The summed E-state index contributed by atoms with van der Waals surface area (Å²) in [7, 11) is 0. The van der Waals surface area contributed by atoms with Crippen molar-refractivity contribution in [3.05, 3.63) is 29.8 Å². The van der Waals surface area contributed by atoms with Gasteiger partial charge in [-0.05, 0) is 12.1 Å². The van der Waals surface area contributed by atoms with Gasteiger partial charge in [-0.15, -0.1) is 11.8 Å². The summed E-state index contributed by atoms with van der Waals surface area (Å²) >= 11 is 1.80. The Bertz CT molecular complexity index is 345. The average Bonchev–Trinajstić information content (AvgIpc) is 2.27. The topological polar surface area (TPSA) is 43.1 Å². The van der Waals surface area contributed by atoms with Crippen LogP contribution in [0.4, 0.5) is 0 Å². The lowest BCUT2D eigenvalue weighted by Crippen LogP contribution is -2.20. The first-order valence-electron chi connectivity index (χ1n) is 5.55. The zero-order chi connectivity index (χ0) is 12.1. The van der Waals surface area contributed by atoms with Crippen LogP contribution in [0.5, 0.6) is 0 Å². The van der Waals surface area contributed by atoms with Gasteiger partial charge in [0.05, 0.1) is 0 Å². The van der Waals surface area contributed by atoms with Gasteiger partial charge < -0.3 is 5.73 Å². The highest BCUT2D eigenvalue weighted by atomic mass is 32.2. The fourth-order valence-electron chi connectivity index (χ4n) is 1.36. The number of ketones is 1. The van der Waals surface area contributed by atoms with Crippen molar-refractivity contribution in [1.29, 1.82) is 0 Å². The number of rotatable bonds is 5. The Morgan fingerprint density at radius 2 is 1.81 bits per heavy atom. The van der Waals surface area contributed by atoms with E-state index in [9.17, 15) is 4.79 Å². The van der Waals surface area contributed by atoms with Crippen LogP contribution in [0.25, 0.3) is 0 Å². The molecule has 0 saturated heterocycles. The predicted octanol–water partition coefficient (Wildman–Crippen LogP) is 2.96. The summed E-state index contributed by atoms with van der Waals surface area (Å²) < 4.78 is 0. The largest absolute Gasteiger partial charge is 0.330 e. The first-order valence-corrected chi connectivity index (χ1v) is 6.43. The lowest BCUT2D eigenvalue weighted by Gasteiger charge is -2.09. The van der Waals surface area contributed by atoms with Gasteiger partial charge in [0.25, 0.3) is 0 Å². The molecule has 0 saturated carbocycles. The summed E-state index contributed by atoms with van der Waals surface area (Å²) in [6.07, 6.45) is 0. The van der Waals surface area contributed by atoms with Gasteiger partial charge >= 0.3 is 0 Å². The van der Waals surface area contributed by atoms with Crippen LogP contribution in [0, 0.1) is 5.92 Å². The Morgan fingerprint density at radius 1 is 1.25 bits per heavy atom. The average molecular weight is 237 g/mol. The van der Waals surface area contributed by atoms with Crippen molar-refractivity contribution >= 4 is 17.5 Å². The number of Topliss-reactive ketones (excluding diaryl/α,β-unsaturated/α-hetero) is 1. The zero-order valence-electron chi connectivity index (χ0n) is 10.1. The molecule has 3 heteroatoms. The molecule has 1 rings (SSSR count). The van der Waals surface area contributed by atoms with Gasteiger partial charge in [0, 0.05) is 28.2 Å². The van der Waals surface area contributed by atoms with E-state index in [1.54, 1.807) is 11.8 Å². The van der Waals surface area contributed by atoms with Crippen molar-refractivity contribution in [2.45, 2.75) is 30.9 Å². The van der Waals surface area contributed by atoms with E-state index in [1.807, 2.05) is 31.2 Å². The van der Waals surface area contributed by atoms with E-state index in [0.29, 0.717) is 11.8 Å². The highest BCUT2D eigenvalue weighted by Crippen LogP contribution is 2.23. The first-order chi connectivity index (χ1) is 7.54. The fraction of sp³-hybridized carbons (Fsp3) is 0.462. The van der Waals surface area contributed by atoms with Crippen molar-refractivity contribution < 1.29 is 4.79 Å². The third-order valence-electron chi connectivity index (χ3n) is 2.31. The molecule has 1 aromatic rings. The molecule has 0 aliphatic carbocycles. The molecule has 0 aliphatic heterocycles. The zero-order valence-corrected chi connectivity index (χ0v) is 10.9. The number of carbonyl (C=O) groups excluding carboxylic acids is 1. The van der Waals surface area contributed by atoms with E-state index in [-0.39, 0.29) is 11.7 Å². The van der Waals surface area contributed by atoms with Gasteiger partial charge in [0.2, 0.25) is 0 Å². The second-order valence-corrected chi connectivity index (χ2v) is 5.84. The first kappa shape index (κ1) is 13.3. The van der Waals surface area contributed by atoms with Gasteiger partial charge in [0.1, 0.15) is 0 Å². The quantitative estimate of drug-likeness (QED) is 0.632. The van der Waals surface area contributed by atoms with Crippen LogP contribution in [0.2, 0.25) is 0 Å². The van der Waals surface area contributed by atoms with Crippen LogP contribution in [0.3, 0.4) is 0 Å². The highest BCUT2D eigenvalue weighted by molar-refractivity contribution is 7.99. The summed E-state index contributed by atoms with van der Waals surface area (Å²) in [5.41, 5.74) is 6.24. The molecule has 1 unspecified atom stereocenters. The molecule has 0 bridgehead atoms. The molecule has 0 aliphatic rings. The molecule has 0 fully saturated rings. The molecule has 1 aromatic carbocycles. The van der Waals surface area contributed by atoms with Crippen molar-refractivity contribution in [3.8, 4) is 0 Å². The molecule has 2 nitrogen and oxygen atoms in total. The van der Waals surface area contributed by atoms with Crippen LogP contribution in [-0.4, -0.2) is 17.6 Å². The normalized spacial score (nSPS) is 12.8. The van der Waals surface area contributed by atoms with Gasteiger partial charge in [-0.25, -0.2) is 0 Å². The predicted molar refractivity (Wildman–Crippen MR) is 70.0 cm³/mol. The fourth-order valence-corrected chi connectivity index (χ4v) is 2.20. The molecular formula is C13H19NOS. The SMILES string of the molecule is CC(C)Sc1ccc(C(=O)C(C)CN)cc1. The minimum absolute atomic E-state index is 0.0939. The van der Waals surface area contributed by atoms with Crippen molar-refractivity contribution in [2.75, 3.05) is 6.54 Å². The van der Waals surface area contributed by atoms with Crippen LogP contribution < -0.4 is 5.73 Å². The maximum atomic E-state index is 11.8. The Kier molecular flexibility index (Phi) is 5.03. The van der Waals surface area contributed by atoms with Crippen molar-refractivity contribution in [2.24, 2.45) is 11.7 Å². The Labute approximate surface area is 102 Å². The Morgan fingerprint density at radius 3 is 2.25 bits per heavy atom. The second-order valence-electron chi connectivity index (χ2n) is 4.19. The Hall–Kier alpha value is -0.800. The number of benzene rings is 1. The van der Waals surface area contributed by atoms with Crippen LogP contribution in [0.15, 0.2) is 29.2 Å². The van der Waals surface area contributed by atoms with Crippen LogP contribution in [-0.2, 0) is 0 Å². The van der Waals surface area contributed by atoms with Gasteiger partial charge in [-0.1, -0.05) is 32.9 Å². The third-order valence-corrected chi connectivity index (χ3v) is 3.33. The van der Waals surface area contributed by atoms with Gasteiger partial charge in [-0.3, -0.25) is 4.79 Å². The molecule has 0 amide bonds. The highest BCUT2D eigenvalue weighted by Gasteiger charge is 2.13. The molecule has 0 radical (unpaired) electrons. The van der Waals surface area contributed by atoms with Gasteiger partial charge in [0.15, 0.2) is 5.78 Å². The smallest absolute Gasteiger partial charge is 0.166 e. The summed E-state index contributed by atoms with van der Waals surface area (Å²) in [4.78, 5) is 13.0. The minimum Gasteiger partial charge on any atom is -0.330 e. The van der Waals surface area contributed by atoms with E-state index < -0.39 is 0 Å². The van der Waals surface area contributed by atoms with Crippen molar-refractivity contribution in [1.82, 2.24) is 0 Å². The molecule has 16 heavy (non-hydrogen) atoms. The monoisotopic (exact) mass is 237 g/mol. The van der Waals surface area contributed by atoms with E-state index >= 15 is 0 Å². The molecule has 0 heterocycles. The van der Waals surface area contributed by atoms with Crippen LogP contribution >= 0.6 is 11.8 Å². The number of hydrogen-bond donors (Lipinski definition) is 1. The summed E-state index contributed by atoms with van der Waals surface area (Å²) in [6.45, 7) is 6.57.